The maximum Gasteiger partial charge on any atom is 0.296 e. The summed E-state index contributed by atoms with van der Waals surface area (Å²) in [6.45, 7) is 12.3. The molecule has 0 bridgehead atoms. The van der Waals surface area contributed by atoms with Crippen LogP contribution in [0.1, 0.15) is 38.8 Å². The highest BCUT2D eigenvalue weighted by atomic mass is 16.6. The van der Waals surface area contributed by atoms with Crippen molar-refractivity contribution in [1.29, 1.82) is 0 Å². The van der Waals surface area contributed by atoms with Gasteiger partial charge in [-0.2, -0.15) is 5.11 Å². The third kappa shape index (κ3) is 6.29. The molecule has 0 aromatic heterocycles. The van der Waals surface area contributed by atoms with Crippen LogP contribution in [0.4, 0.5) is 34.1 Å². The molecular weight excluding hydrogens is 456 g/mol. The number of ether oxygens (including phenoxy) is 1. The molecule has 0 radical (unpaired) electrons. The van der Waals surface area contributed by atoms with Crippen molar-refractivity contribution in [3.05, 3.63) is 75.8 Å². The fourth-order valence-corrected chi connectivity index (χ4v) is 3.98. The summed E-state index contributed by atoms with van der Waals surface area (Å²) in [7, 11) is 1.54. The van der Waals surface area contributed by atoms with Gasteiger partial charge in [0.05, 0.1) is 23.4 Å². The second-order valence-electron chi connectivity index (χ2n) is 9.07. The zero-order valence-electron chi connectivity index (χ0n) is 21.8. The number of nitrogens with zero attached hydrogens (tertiary/aromatic N) is 6. The molecular formula is C27H32N6O3. The minimum atomic E-state index is -0.464. The second-order valence-corrected chi connectivity index (χ2v) is 9.07. The van der Waals surface area contributed by atoms with Gasteiger partial charge in [0.25, 0.3) is 5.69 Å². The first-order valence-electron chi connectivity index (χ1n) is 11.8. The molecule has 9 nitrogen and oxygen atoms in total. The van der Waals surface area contributed by atoms with Crippen molar-refractivity contribution in [1.82, 2.24) is 0 Å². The first-order chi connectivity index (χ1) is 17.1. The van der Waals surface area contributed by atoms with Gasteiger partial charge in [0.2, 0.25) is 0 Å². The van der Waals surface area contributed by atoms with E-state index in [1.165, 1.54) is 13.2 Å². The molecule has 0 spiro atoms. The molecule has 0 unspecified atom stereocenters. The molecule has 0 saturated heterocycles. The van der Waals surface area contributed by atoms with Crippen molar-refractivity contribution < 1.29 is 9.66 Å². The maximum atomic E-state index is 11.4. The first-order valence-corrected chi connectivity index (χ1v) is 11.8. The van der Waals surface area contributed by atoms with Crippen molar-refractivity contribution in [3.63, 3.8) is 0 Å². The van der Waals surface area contributed by atoms with Crippen molar-refractivity contribution in [2.24, 2.45) is 20.5 Å². The van der Waals surface area contributed by atoms with Crippen molar-refractivity contribution in [3.8, 4) is 5.75 Å². The predicted octanol–water partition coefficient (Wildman–Crippen LogP) is 8.67. The summed E-state index contributed by atoms with van der Waals surface area (Å²) in [4.78, 5) is 13.2. The summed E-state index contributed by atoms with van der Waals surface area (Å²) >= 11 is 0. The Morgan fingerprint density at radius 2 is 1.42 bits per heavy atom. The third-order valence-electron chi connectivity index (χ3n) is 5.62. The van der Waals surface area contributed by atoms with Crippen molar-refractivity contribution >= 4 is 34.1 Å². The fourth-order valence-electron chi connectivity index (χ4n) is 3.98. The molecule has 3 rings (SSSR count). The molecule has 36 heavy (non-hydrogen) atoms. The minimum absolute atomic E-state index is 0.0929. The summed E-state index contributed by atoms with van der Waals surface area (Å²) in [5.74, 6) is 0.471. The van der Waals surface area contributed by atoms with E-state index < -0.39 is 4.92 Å². The van der Waals surface area contributed by atoms with Crippen molar-refractivity contribution in [2.45, 2.75) is 53.6 Å². The summed E-state index contributed by atoms with van der Waals surface area (Å²) in [5.41, 5.74) is 4.58. The molecule has 0 fully saturated rings. The van der Waals surface area contributed by atoms with Gasteiger partial charge in [0, 0.05) is 29.9 Å². The van der Waals surface area contributed by atoms with E-state index >= 15 is 0 Å². The summed E-state index contributed by atoms with van der Waals surface area (Å²) in [5, 5.41) is 28.5. The van der Waals surface area contributed by atoms with Gasteiger partial charge in [-0.3, -0.25) is 10.1 Å². The van der Waals surface area contributed by atoms with Crippen LogP contribution in [0.3, 0.4) is 0 Å². The normalized spacial score (nSPS) is 11.7. The van der Waals surface area contributed by atoms with Crippen LogP contribution in [0.2, 0.25) is 0 Å². The summed E-state index contributed by atoms with van der Waals surface area (Å²) in [6, 6.07) is 17.0. The monoisotopic (exact) mass is 488 g/mol. The molecule has 0 amide bonds. The van der Waals surface area contributed by atoms with E-state index in [1.807, 2.05) is 31.2 Å². The molecule has 188 valence electrons. The van der Waals surface area contributed by atoms with E-state index in [1.54, 1.807) is 31.2 Å². The standard InChI is InChI=1S/C27H32N6O3/c1-17(2)32(18(3)4)22-11-9-21(10-12-22)28-31-25-15-20(6)24(16-27(25)36-7)30-29-23-13-8-19(5)14-26(23)33(34)35/h8-18H,1-7H3/b30-29+,31-28+. The lowest BCUT2D eigenvalue weighted by Gasteiger charge is -2.33. The van der Waals surface area contributed by atoms with Gasteiger partial charge in [0.15, 0.2) is 5.69 Å². The highest BCUT2D eigenvalue weighted by Gasteiger charge is 2.15. The van der Waals surface area contributed by atoms with Crippen LogP contribution < -0.4 is 9.64 Å². The van der Waals surface area contributed by atoms with E-state index in [0.29, 0.717) is 29.2 Å². The number of benzene rings is 3. The largest absolute Gasteiger partial charge is 0.494 e. The third-order valence-corrected chi connectivity index (χ3v) is 5.62. The van der Waals surface area contributed by atoms with E-state index in [4.69, 9.17) is 4.74 Å². The molecule has 0 atom stereocenters. The molecule has 0 aliphatic carbocycles. The van der Waals surface area contributed by atoms with Gasteiger partial charge in [-0.05, 0) is 89.1 Å². The zero-order chi connectivity index (χ0) is 26.4. The van der Waals surface area contributed by atoms with Gasteiger partial charge in [-0.1, -0.05) is 6.07 Å². The van der Waals surface area contributed by atoms with E-state index in [2.05, 4.69) is 53.1 Å². The smallest absolute Gasteiger partial charge is 0.296 e. The van der Waals surface area contributed by atoms with Gasteiger partial charge in [0.1, 0.15) is 11.4 Å². The van der Waals surface area contributed by atoms with Crippen LogP contribution >= 0.6 is 0 Å². The lowest BCUT2D eigenvalue weighted by atomic mass is 10.1. The SMILES string of the molecule is COc1cc(/N=N/c2ccc(C)cc2[N+](=O)[O-])c(C)cc1/N=N/c1ccc(N(C(C)C)C(C)C)cc1. The second kappa shape index (κ2) is 11.5. The number of anilines is 1. The Morgan fingerprint density at radius 3 is 2.00 bits per heavy atom. The predicted molar refractivity (Wildman–Crippen MR) is 143 cm³/mol. The molecule has 3 aromatic carbocycles. The molecule has 0 saturated carbocycles. The number of nitro groups is 1. The first kappa shape index (κ1) is 26.5. The maximum absolute atomic E-state index is 11.4. The van der Waals surface area contributed by atoms with E-state index in [0.717, 1.165) is 22.5 Å². The topological polar surface area (TPSA) is 105 Å². The molecule has 0 aliphatic heterocycles. The van der Waals surface area contributed by atoms with Gasteiger partial charge in [-0.15, -0.1) is 15.3 Å². The lowest BCUT2D eigenvalue weighted by Crippen LogP contribution is -2.36. The minimum Gasteiger partial charge on any atom is -0.494 e. The van der Waals surface area contributed by atoms with Gasteiger partial charge >= 0.3 is 0 Å². The van der Waals surface area contributed by atoms with Crippen LogP contribution in [-0.2, 0) is 0 Å². The molecule has 0 aliphatic rings. The Bertz CT molecular complexity index is 1280. The molecule has 0 heterocycles. The average molecular weight is 489 g/mol. The quantitative estimate of drug-likeness (QED) is 0.171. The van der Waals surface area contributed by atoms with Crippen molar-refractivity contribution in [2.75, 3.05) is 12.0 Å². The highest BCUT2D eigenvalue weighted by molar-refractivity contribution is 5.64. The summed E-state index contributed by atoms with van der Waals surface area (Å²) in [6.07, 6.45) is 0. The number of hydrogen-bond donors (Lipinski definition) is 0. The Kier molecular flexibility index (Phi) is 8.47. The Balaban J connectivity index is 1.85. The number of methoxy groups -OCH3 is 1. The Hall–Kier alpha value is -4.14. The van der Waals surface area contributed by atoms with Crippen LogP contribution in [0, 0.1) is 24.0 Å². The fraction of sp³-hybridized carbons (Fsp3) is 0.333. The zero-order valence-corrected chi connectivity index (χ0v) is 21.8. The molecule has 3 aromatic rings. The van der Waals surface area contributed by atoms with Crippen LogP contribution in [0.5, 0.6) is 5.75 Å². The molecule has 0 N–H and O–H groups in total. The average Bonchev–Trinajstić information content (AvgIpc) is 2.83. The Labute approximate surface area is 211 Å². The van der Waals surface area contributed by atoms with E-state index in [9.17, 15) is 10.1 Å². The van der Waals surface area contributed by atoms with Crippen LogP contribution in [-0.4, -0.2) is 24.1 Å². The van der Waals surface area contributed by atoms with Crippen LogP contribution in [0.25, 0.3) is 0 Å². The number of hydrogen-bond acceptors (Lipinski definition) is 8. The number of azo groups is 2. The van der Waals surface area contributed by atoms with Gasteiger partial charge < -0.3 is 9.64 Å². The van der Waals surface area contributed by atoms with Crippen LogP contribution in [0.15, 0.2) is 75.1 Å². The number of nitro benzene ring substituents is 1. The number of aryl methyl sites for hydroxylation is 2. The van der Waals surface area contributed by atoms with E-state index in [-0.39, 0.29) is 11.4 Å². The number of rotatable bonds is 9. The van der Waals surface area contributed by atoms with Gasteiger partial charge in [-0.25, -0.2) is 0 Å². The Morgan fingerprint density at radius 1 is 0.806 bits per heavy atom. The summed E-state index contributed by atoms with van der Waals surface area (Å²) < 4.78 is 5.49. The molecule has 9 heteroatoms. The highest BCUT2D eigenvalue weighted by Crippen LogP contribution is 2.37. The lowest BCUT2D eigenvalue weighted by molar-refractivity contribution is -0.384.